The van der Waals surface area contributed by atoms with Crippen LogP contribution < -0.4 is 5.32 Å². The van der Waals surface area contributed by atoms with Crippen molar-refractivity contribution in [1.29, 1.82) is 0 Å². The van der Waals surface area contributed by atoms with Crippen LogP contribution in [0.4, 0.5) is 5.69 Å². The fourth-order valence-electron chi connectivity index (χ4n) is 1.57. The van der Waals surface area contributed by atoms with Crippen LogP contribution in [0.1, 0.15) is 20.8 Å². The first-order chi connectivity index (χ1) is 10.0. The number of hydrogen-bond donors (Lipinski definition) is 1. The van der Waals surface area contributed by atoms with E-state index in [1.165, 1.54) is 25.4 Å². The normalized spacial score (nSPS) is 10.0. The highest BCUT2D eigenvalue weighted by atomic mass is 79.9. The first-order valence-corrected chi connectivity index (χ1v) is 6.99. The Hall–Kier alpha value is -1.92. The minimum absolute atomic E-state index is 0.181. The van der Waals surface area contributed by atoms with Gasteiger partial charge >= 0.3 is 5.97 Å². The Labute approximate surface area is 134 Å². The van der Waals surface area contributed by atoms with Crippen molar-refractivity contribution in [2.75, 3.05) is 12.4 Å². The fourth-order valence-corrected chi connectivity index (χ4v) is 2.00. The van der Waals surface area contributed by atoms with E-state index in [1.807, 2.05) is 0 Å². The molecule has 0 saturated heterocycles. The smallest absolute Gasteiger partial charge is 0.339 e. The van der Waals surface area contributed by atoms with E-state index in [0.717, 1.165) is 4.47 Å². The molecule has 2 rings (SSSR count). The number of benzene rings is 1. The molecule has 5 nitrogen and oxygen atoms in total. The van der Waals surface area contributed by atoms with Gasteiger partial charge in [-0.25, -0.2) is 9.78 Å². The summed E-state index contributed by atoms with van der Waals surface area (Å²) in [5, 5.41) is 2.89. The number of anilines is 1. The van der Waals surface area contributed by atoms with Gasteiger partial charge in [-0.05, 0) is 46.3 Å². The van der Waals surface area contributed by atoms with Crippen LogP contribution >= 0.6 is 27.5 Å². The summed E-state index contributed by atoms with van der Waals surface area (Å²) in [6.07, 6.45) is 1.52. The number of hydrogen-bond acceptors (Lipinski definition) is 4. The van der Waals surface area contributed by atoms with Gasteiger partial charge in [0.15, 0.2) is 0 Å². The highest BCUT2D eigenvalue weighted by Crippen LogP contribution is 2.21. The lowest BCUT2D eigenvalue weighted by atomic mass is 10.2. The summed E-state index contributed by atoms with van der Waals surface area (Å²) in [5.74, 6) is -0.960. The molecule has 7 heteroatoms. The van der Waals surface area contributed by atoms with Crippen LogP contribution in [0, 0.1) is 0 Å². The Balaban J connectivity index is 2.21. The molecule has 1 heterocycles. The summed E-state index contributed by atoms with van der Waals surface area (Å²) in [6.45, 7) is 0. The lowest BCUT2D eigenvalue weighted by molar-refractivity contribution is 0.0600. The second-order valence-corrected chi connectivity index (χ2v) is 5.32. The number of nitrogens with one attached hydrogen (secondary N) is 1. The molecule has 1 aromatic heterocycles. The van der Waals surface area contributed by atoms with Crippen LogP contribution in [0.2, 0.25) is 5.02 Å². The molecule has 108 valence electrons. The zero-order valence-corrected chi connectivity index (χ0v) is 13.2. The zero-order valence-electron chi connectivity index (χ0n) is 10.9. The maximum absolute atomic E-state index is 12.0. The van der Waals surface area contributed by atoms with E-state index in [-0.39, 0.29) is 22.2 Å². The Morgan fingerprint density at radius 3 is 2.67 bits per heavy atom. The summed E-state index contributed by atoms with van der Waals surface area (Å²) in [6, 6.07) is 7.84. The molecule has 0 atom stereocenters. The van der Waals surface area contributed by atoms with Crippen LogP contribution in [0.5, 0.6) is 0 Å². The average molecular weight is 370 g/mol. The van der Waals surface area contributed by atoms with Gasteiger partial charge in [0.2, 0.25) is 0 Å². The van der Waals surface area contributed by atoms with Gasteiger partial charge < -0.3 is 10.1 Å². The Kier molecular flexibility index (Phi) is 4.93. The van der Waals surface area contributed by atoms with Gasteiger partial charge in [0.05, 0.1) is 17.7 Å². The molecule has 1 N–H and O–H groups in total. The number of nitrogens with zero attached hydrogens (tertiary/aromatic N) is 1. The largest absolute Gasteiger partial charge is 0.465 e. The molecule has 0 aliphatic heterocycles. The number of carbonyl (C=O) groups is 2. The standard InChI is InChI=1S/C14H10BrClN2O3/c1-21-14(20)10-6-9(3-4-11(10)16)18-13(19)12-5-2-8(15)7-17-12/h2-7H,1H3,(H,18,19). The van der Waals surface area contributed by atoms with Crippen LogP contribution in [0.15, 0.2) is 41.0 Å². The van der Waals surface area contributed by atoms with Crippen molar-refractivity contribution in [3.63, 3.8) is 0 Å². The predicted molar refractivity (Wildman–Crippen MR) is 82.7 cm³/mol. The Morgan fingerprint density at radius 2 is 2.05 bits per heavy atom. The third-order valence-electron chi connectivity index (χ3n) is 2.59. The Bertz CT molecular complexity index is 689. The third kappa shape index (κ3) is 3.80. The molecular formula is C14H10BrClN2O3. The summed E-state index contributed by atoms with van der Waals surface area (Å²) in [4.78, 5) is 27.6. The second kappa shape index (κ2) is 6.69. The number of ether oxygens (including phenoxy) is 1. The van der Waals surface area contributed by atoms with Crippen molar-refractivity contribution in [3.8, 4) is 0 Å². The SMILES string of the molecule is COC(=O)c1cc(NC(=O)c2ccc(Br)cn2)ccc1Cl. The molecular weight excluding hydrogens is 360 g/mol. The number of carbonyl (C=O) groups excluding carboxylic acids is 2. The number of methoxy groups -OCH3 is 1. The van der Waals surface area contributed by atoms with Gasteiger partial charge in [-0.2, -0.15) is 0 Å². The maximum atomic E-state index is 12.0. The number of amides is 1. The molecule has 0 aliphatic carbocycles. The van der Waals surface area contributed by atoms with Crippen molar-refractivity contribution in [3.05, 3.63) is 57.3 Å². The number of rotatable bonds is 3. The molecule has 2 aromatic rings. The maximum Gasteiger partial charge on any atom is 0.339 e. The van der Waals surface area contributed by atoms with Gasteiger partial charge in [-0.1, -0.05) is 11.6 Å². The van der Waals surface area contributed by atoms with E-state index in [2.05, 4.69) is 31.0 Å². The minimum Gasteiger partial charge on any atom is -0.465 e. The molecule has 1 aromatic carbocycles. The van der Waals surface area contributed by atoms with E-state index in [1.54, 1.807) is 18.2 Å². The number of aromatic nitrogens is 1. The summed E-state index contributed by atoms with van der Waals surface area (Å²) in [5.41, 5.74) is 0.864. The molecule has 0 unspecified atom stereocenters. The lowest BCUT2D eigenvalue weighted by Crippen LogP contribution is -2.14. The predicted octanol–water partition coefficient (Wildman–Crippen LogP) is 3.54. The van der Waals surface area contributed by atoms with Crippen molar-refractivity contribution in [2.24, 2.45) is 0 Å². The monoisotopic (exact) mass is 368 g/mol. The van der Waals surface area contributed by atoms with E-state index in [4.69, 9.17) is 11.6 Å². The quantitative estimate of drug-likeness (QED) is 0.840. The molecule has 0 radical (unpaired) electrons. The molecule has 21 heavy (non-hydrogen) atoms. The zero-order chi connectivity index (χ0) is 15.4. The summed E-state index contributed by atoms with van der Waals surface area (Å²) in [7, 11) is 1.26. The van der Waals surface area contributed by atoms with Crippen molar-refractivity contribution < 1.29 is 14.3 Å². The van der Waals surface area contributed by atoms with Crippen molar-refractivity contribution in [2.45, 2.75) is 0 Å². The van der Waals surface area contributed by atoms with E-state index < -0.39 is 5.97 Å². The third-order valence-corrected chi connectivity index (χ3v) is 3.39. The van der Waals surface area contributed by atoms with E-state index >= 15 is 0 Å². The van der Waals surface area contributed by atoms with Gasteiger partial charge in [0.25, 0.3) is 5.91 Å². The fraction of sp³-hybridized carbons (Fsp3) is 0.0714. The van der Waals surface area contributed by atoms with E-state index in [0.29, 0.717) is 5.69 Å². The number of halogens is 2. The lowest BCUT2D eigenvalue weighted by Gasteiger charge is -2.08. The van der Waals surface area contributed by atoms with Crippen LogP contribution in [0.3, 0.4) is 0 Å². The first kappa shape index (κ1) is 15.5. The molecule has 0 bridgehead atoms. The van der Waals surface area contributed by atoms with Crippen molar-refractivity contribution >= 4 is 45.1 Å². The average Bonchev–Trinajstić information content (AvgIpc) is 2.49. The summed E-state index contributed by atoms with van der Waals surface area (Å²) >= 11 is 9.15. The van der Waals surface area contributed by atoms with Crippen molar-refractivity contribution in [1.82, 2.24) is 4.98 Å². The molecule has 0 fully saturated rings. The van der Waals surface area contributed by atoms with Crippen LogP contribution in [-0.4, -0.2) is 24.0 Å². The second-order valence-electron chi connectivity index (χ2n) is 4.00. The summed E-state index contributed by atoms with van der Waals surface area (Å²) < 4.78 is 5.40. The number of pyridine rings is 1. The minimum atomic E-state index is -0.571. The highest BCUT2D eigenvalue weighted by molar-refractivity contribution is 9.10. The number of esters is 1. The van der Waals surface area contributed by atoms with Crippen LogP contribution in [-0.2, 0) is 4.74 Å². The molecule has 0 saturated carbocycles. The first-order valence-electron chi connectivity index (χ1n) is 5.82. The molecule has 1 amide bonds. The van der Waals surface area contributed by atoms with Gasteiger partial charge in [-0.15, -0.1) is 0 Å². The topological polar surface area (TPSA) is 68.3 Å². The van der Waals surface area contributed by atoms with Gasteiger partial charge in [-0.3, -0.25) is 4.79 Å². The Morgan fingerprint density at radius 1 is 1.29 bits per heavy atom. The molecule has 0 spiro atoms. The molecule has 0 aliphatic rings. The van der Waals surface area contributed by atoms with Crippen LogP contribution in [0.25, 0.3) is 0 Å². The van der Waals surface area contributed by atoms with Gasteiger partial charge in [0, 0.05) is 16.4 Å². The van der Waals surface area contributed by atoms with E-state index in [9.17, 15) is 9.59 Å². The van der Waals surface area contributed by atoms with Gasteiger partial charge in [0.1, 0.15) is 5.69 Å². The highest BCUT2D eigenvalue weighted by Gasteiger charge is 2.13.